The van der Waals surface area contributed by atoms with Crippen molar-refractivity contribution in [1.82, 2.24) is 10.4 Å². The summed E-state index contributed by atoms with van der Waals surface area (Å²) in [5.74, 6) is -1.89. The van der Waals surface area contributed by atoms with Gasteiger partial charge in [-0.3, -0.25) is 14.4 Å². The molecule has 0 spiro atoms. The summed E-state index contributed by atoms with van der Waals surface area (Å²) in [6.07, 6.45) is 3.43. The Hall–Kier alpha value is -3.43. The number of fused-ring (bicyclic) bond motifs is 1. The third-order valence-corrected chi connectivity index (χ3v) is 8.43. The summed E-state index contributed by atoms with van der Waals surface area (Å²) in [7, 11) is 1.32. The van der Waals surface area contributed by atoms with Crippen molar-refractivity contribution in [1.29, 1.82) is 0 Å². The van der Waals surface area contributed by atoms with Gasteiger partial charge in [-0.05, 0) is 59.9 Å². The number of hydrogen-bond donors (Lipinski definition) is 2. The first kappa shape index (κ1) is 29.1. The van der Waals surface area contributed by atoms with Crippen LogP contribution in [-0.2, 0) is 21.0 Å². The van der Waals surface area contributed by atoms with Crippen LogP contribution in [0, 0.1) is 0 Å². The molecule has 1 unspecified atom stereocenters. The van der Waals surface area contributed by atoms with Gasteiger partial charge in [0.05, 0.1) is 31.2 Å². The molecule has 2 aliphatic rings. The van der Waals surface area contributed by atoms with Crippen molar-refractivity contribution >= 4 is 41.0 Å². The molecule has 8 nitrogen and oxygen atoms in total. The molecule has 3 N–H and O–H groups in total. The Balaban J connectivity index is 1.49. The standard InChI is InChI=1S/C31H31Cl2N3O5/c1-40-31(39)19-12-10-18(11-13-19)17-41-35-29(37)27-21-6-2-3-7-22(21)30(38)36(26-9-5-4-8-25(26)34)28(27)23-15-14-20(32)16-24(23)33/h2-3,6-7,10-16,25-28H,4-5,8-9,17,34H2,1H3,(H,35,37)/t25?,26-,27+,28-/m0/s1. The number of halogens is 2. The van der Waals surface area contributed by atoms with E-state index < -0.39 is 23.8 Å². The van der Waals surface area contributed by atoms with E-state index in [9.17, 15) is 14.4 Å². The number of hydrogen-bond acceptors (Lipinski definition) is 6. The van der Waals surface area contributed by atoms with Crippen molar-refractivity contribution in [3.8, 4) is 0 Å². The molecule has 5 rings (SSSR count). The number of esters is 1. The van der Waals surface area contributed by atoms with E-state index in [4.69, 9.17) is 38.5 Å². The second-order valence-electron chi connectivity index (χ2n) is 10.3. The number of nitrogens with zero attached hydrogens (tertiary/aromatic N) is 1. The van der Waals surface area contributed by atoms with E-state index in [-0.39, 0.29) is 24.6 Å². The Kier molecular flexibility index (Phi) is 8.94. The lowest BCUT2D eigenvalue weighted by Crippen LogP contribution is -2.57. The SMILES string of the molecule is COC(=O)c1ccc(CONC(=O)[C@@H]2c3ccccc3C(=O)N([C@H]3CCCCC3N)[C@H]2c2ccc(Cl)cc2Cl)cc1. The van der Waals surface area contributed by atoms with E-state index in [1.54, 1.807) is 71.6 Å². The highest BCUT2D eigenvalue weighted by Crippen LogP contribution is 2.47. The van der Waals surface area contributed by atoms with Crippen molar-refractivity contribution < 1.29 is 24.0 Å². The van der Waals surface area contributed by atoms with E-state index >= 15 is 0 Å². The van der Waals surface area contributed by atoms with Crippen molar-refractivity contribution in [3.05, 3.63) is 105 Å². The zero-order chi connectivity index (χ0) is 29.1. The minimum absolute atomic E-state index is 0.0596. The van der Waals surface area contributed by atoms with Gasteiger partial charge in [0, 0.05) is 27.7 Å². The van der Waals surface area contributed by atoms with Crippen LogP contribution in [0.5, 0.6) is 0 Å². The van der Waals surface area contributed by atoms with Crippen LogP contribution in [0.1, 0.15) is 75.0 Å². The molecule has 41 heavy (non-hydrogen) atoms. The van der Waals surface area contributed by atoms with Gasteiger partial charge in [0.25, 0.3) is 11.8 Å². The van der Waals surface area contributed by atoms with E-state index in [0.717, 1.165) is 31.2 Å². The Labute approximate surface area is 248 Å². The van der Waals surface area contributed by atoms with Gasteiger partial charge in [0.1, 0.15) is 0 Å². The van der Waals surface area contributed by atoms with Gasteiger partial charge in [-0.25, -0.2) is 10.3 Å². The molecule has 1 fully saturated rings. The summed E-state index contributed by atoms with van der Waals surface area (Å²) >= 11 is 13.0. The fourth-order valence-corrected chi connectivity index (χ4v) is 6.39. The van der Waals surface area contributed by atoms with Crippen LogP contribution in [0.15, 0.2) is 66.7 Å². The van der Waals surface area contributed by atoms with E-state index in [0.29, 0.717) is 32.3 Å². The fraction of sp³-hybridized carbons (Fsp3) is 0.323. The summed E-state index contributed by atoms with van der Waals surface area (Å²) in [5.41, 5.74) is 12.0. The van der Waals surface area contributed by atoms with Crippen molar-refractivity contribution in [2.45, 2.75) is 56.3 Å². The number of rotatable bonds is 7. The van der Waals surface area contributed by atoms with Gasteiger partial charge in [-0.2, -0.15) is 0 Å². The maximum atomic E-state index is 14.1. The summed E-state index contributed by atoms with van der Waals surface area (Å²) in [6.45, 7) is 0.0596. The van der Waals surface area contributed by atoms with Crippen LogP contribution in [0.2, 0.25) is 10.0 Å². The number of carbonyl (C=O) groups is 3. The van der Waals surface area contributed by atoms with Crippen LogP contribution in [-0.4, -0.2) is 41.9 Å². The normalized spacial score (nSPS) is 22.1. The van der Waals surface area contributed by atoms with Crippen LogP contribution in [0.3, 0.4) is 0 Å². The average Bonchev–Trinajstić information content (AvgIpc) is 2.98. The largest absolute Gasteiger partial charge is 0.465 e. The van der Waals surface area contributed by atoms with Gasteiger partial charge < -0.3 is 15.4 Å². The molecule has 3 aromatic carbocycles. The molecular formula is C31H31Cl2N3O5. The molecule has 0 radical (unpaired) electrons. The summed E-state index contributed by atoms with van der Waals surface area (Å²) < 4.78 is 4.73. The summed E-state index contributed by atoms with van der Waals surface area (Å²) in [4.78, 5) is 47.2. The molecule has 214 valence electrons. The van der Waals surface area contributed by atoms with E-state index in [1.807, 2.05) is 0 Å². The maximum Gasteiger partial charge on any atom is 0.337 e. The zero-order valence-corrected chi connectivity index (χ0v) is 24.0. The van der Waals surface area contributed by atoms with Crippen LogP contribution < -0.4 is 11.2 Å². The number of amides is 2. The van der Waals surface area contributed by atoms with Crippen molar-refractivity contribution in [3.63, 3.8) is 0 Å². The minimum atomic E-state index is -0.835. The molecular weight excluding hydrogens is 565 g/mol. The molecule has 1 aliphatic carbocycles. The highest BCUT2D eigenvalue weighted by Gasteiger charge is 2.48. The average molecular weight is 597 g/mol. The van der Waals surface area contributed by atoms with E-state index in [1.165, 1.54) is 7.11 Å². The topological polar surface area (TPSA) is 111 Å². The third-order valence-electron chi connectivity index (χ3n) is 7.87. The lowest BCUT2D eigenvalue weighted by molar-refractivity contribution is -0.138. The number of nitrogens with two attached hydrogens (primary N) is 1. The monoisotopic (exact) mass is 595 g/mol. The number of ether oxygens (including phenoxy) is 1. The predicted molar refractivity (Wildman–Crippen MR) is 156 cm³/mol. The summed E-state index contributed by atoms with van der Waals surface area (Å²) in [6, 6.07) is 17.6. The minimum Gasteiger partial charge on any atom is -0.465 e. The number of carbonyl (C=O) groups excluding carboxylic acids is 3. The smallest absolute Gasteiger partial charge is 0.337 e. The van der Waals surface area contributed by atoms with Crippen LogP contribution in [0.25, 0.3) is 0 Å². The third kappa shape index (κ3) is 5.97. The second kappa shape index (κ2) is 12.6. The predicted octanol–water partition coefficient (Wildman–Crippen LogP) is 5.58. The Morgan fingerprint density at radius 3 is 2.44 bits per heavy atom. The molecule has 1 aliphatic heterocycles. The lowest BCUT2D eigenvalue weighted by Gasteiger charge is -2.48. The van der Waals surface area contributed by atoms with Gasteiger partial charge in [0.15, 0.2) is 0 Å². The quantitative estimate of drug-likeness (QED) is 0.272. The number of methoxy groups -OCH3 is 1. The highest BCUT2D eigenvalue weighted by atomic mass is 35.5. The molecule has 3 aromatic rings. The van der Waals surface area contributed by atoms with Crippen molar-refractivity contribution in [2.24, 2.45) is 5.73 Å². The maximum absolute atomic E-state index is 14.1. The number of hydroxylamine groups is 1. The Bertz CT molecular complexity index is 1450. The van der Waals surface area contributed by atoms with Gasteiger partial charge in [-0.1, -0.05) is 72.4 Å². The highest BCUT2D eigenvalue weighted by molar-refractivity contribution is 6.35. The molecule has 2 amide bonds. The van der Waals surface area contributed by atoms with Gasteiger partial charge in [0.2, 0.25) is 0 Å². The molecule has 0 saturated heterocycles. The van der Waals surface area contributed by atoms with Crippen molar-refractivity contribution in [2.75, 3.05) is 7.11 Å². The Morgan fingerprint density at radius 2 is 1.73 bits per heavy atom. The second-order valence-corrected chi connectivity index (χ2v) is 11.2. The molecule has 1 saturated carbocycles. The first-order chi connectivity index (χ1) is 19.8. The fourth-order valence-electron chi connectivity index (χ4n) is 5.87. The molecule has 0 bridgehead atoms. The number of nitrogens with one attached hydrogen (secondary N) is 1. The van der Waals surface area contributed by atoms with Crippen LogP contribution in [0.4, 0.5) is 0 Å². The van der Waals surface area contributed by atoms with Gasteiger partial charge in [-0.15, -0.1) is 0 Å². The molecule has 10 heteroatoms. The first-order valence-corrected chi connectivity index (χ1v) is 14.3. The molecule has 0 aromatic heterocycles. The molecule has 4 atom stereocenters. The zero-order valence-electron chi connectivity index (χ0n) is 22.5. The van der Waals surface area contributed by atoms with E-state index in [2.05, 4.69) is 5.48 Å². The summed E-state index contributed by atoms with van der Waals surface area (Å²) in [5, 5.41) is 0.804. The first-order valence-electron chi connectivity index (χ1n) is 13.5. The Morgan fingerprint density at radius 1 is 1.00 bits per heavy atom. The van der Waals surface area contributed by atoms with Crippen LogP contribution >= 0.6 is 23.2 Å². The lowest BCUT2D eigenvalue weighted by atomic mass is 9.76. The van der Waals surface area contributed by atoms with Gasteiger partial charge >= 0.3 is 5.97 Å². The number of benzene rings is 3. The molecule has 1 heterocycles.